The number of ether oxygens (including phenoxy) is 1. The number of aryl methyl sites for hydroxylation is 1. The summed E-state index contributed by atoms with van der Waals surface area (Å²) >= 11 is 0. The molecule has 1 atom stereocenters. The maximum Gasteiger partial charge on any atom is 0.356 e. The van der Waals surface area contributed by atoms with Crippen molar-refractivity contribution in [2.45, 2.75) is 26.8 Å². The fraction of sp³-hybridized carbons (Fsp3) is 0.333. The van der Waals surface area contributed by atoms with Crippen molar-refractivity contribution in [3.63, 3.8) is 0 Å². The summed E-state index contributed by atoms with van der Waals surface area (Å²) < 4.78 is 6.98. The molecule has 0 saturated carbocycles. The van der Waals surface area contributed by atoms with Crippen molar-refractivity contribution in [1.29, 1.82) is 0 Å². The Kier molecular flexibility index (Phi) is 6.72. The van der Waals surface area contributed by atoms with Crippen LogP contribution in [0.3, 0.4) is 0 Å². The molecule has 1 unspecified atom stereocenters. The Hall–Kier alpha value is -2.90. The SMILES string of the molecule is CCOC(=O)c1cnc(C)n1C(C)c1ccccc1.O=[N+]([O-])O. The van der Waals surface area contributed by atoms with Crippen molar-refractivity contribution < 1.29 is 19.8 Å². The molecule has 0 fully saturated rings. The maximum atomic E-state index is 11.9. The third kappa shape index (κ3) is 5.10. The molecule has 1 aromatic heterocycles. The van der Waals surface area contributed by atoms with Crippen LogP contribution in [0.25, 0.3) is 0 Å². The van der Waals surface area contributed by atoms with Crippen LogP contribution in [-0.2, 0) is 4.74 Å². The van der Waals surface area contributed by atoms with Crippen LogP contribution in [0.1, 0.15) is 41.8 Å². The second-order valence-corrected chi connectivity index (χ2v) is 4.61. The zero-order valence-electron chi connectivity index (χ0n) is 13.2. The zero-order valence-corrected chi connectivity index (χ0v) is 13.2. The van der Waals surface area contributed by atoms with Crippen LogP contribution >= 0.6 is 0 Å². The summed E-state index contributed by atoms with van der Waals surface area (Å²) in [5.41, 5.74) is 1.63. The van der Waals surface area contributed by atoms with E-state index in [9.17, 15) is 4.79 Å². The number of carbonyl (C=O) groups excluding carboxylic acids is 1. The molecule has 0 spiro atoms. The van der Waals surface area contributed by atoms with Gasteiger partial charge in [0.05, 0.1) is 18.8 Å². The van der Waals surface area contributed by atoms with Gasteiger partial charge >= 0.3 is 5.97 Å². The van der Waals surface area contributed by atoms with Crippen molar-refractivity contribution in [3.8, 4) is 0 Å². The number of benzene rings is 1. The normalized spacial score (nSPS) is 11.1. The van der Waals surface area contributed by atoms with Gasteiger partial charge in [-0.2, -0.15) is 0 Å². The summed E-state index contributed by atoms with van der Waals surface area (Å²) in [4.78, 5) is 24.5. The van der Waals surface area contributed by atoms with Crippen LogP contribution in [0.5, 0.6) is 0 Å². The molecule has 2 aromatic rings. The largest absolute Gasteiger partial charge is 0.461 e. The molecule has 0 aliphatic carbocycles. The monoisotopic (exact) mass is 321 g/mol. The minimum atomic E-state index is -1.50. The van der Waals surface area contributed by atoms with Crippen molar-refractivity contribution in [2.24, 2.45) is 0 Å². The van der Waals surface area contributed by atoms with Crippen LogP contribution in [0.4, 0.5) is 0 Å². The molecule has 0 aliphatic rings. The summed E-state index contributed by atoms with van der Waals surface area (Å²) in [7, 11) is 0. The molecule has 124 valence electrons. The van der Waals surface area contributed by atoms with Gasteiger partial charge < -0.3 is 14.5 Å². The van der Waals surface area contributed by atoms with E-state index in [1.807, 2.05) is 48.7 Å². The Morgan fingerprint density at radius 3 is 2.52 bits per heavy atom. The number of esters is 1. The van der Waals surface area contributed by atoms with Gasteiger partial charge in [-0.25, -0.2) is 9.78 Å². The molecule has 1 aromatic carbocycles. The molecule has 23 heavy (non-hydrogen) atoms. The van der Waals surface area contributed by atoms with Crippen molar-refractivity contribution >= 4 is 5.97 Å². The second-order valence-electron chi connectivity index (χ2n) is 4.61. The predicted molar refractivity (Wildman–Crippen MR) is 82.0 cm³/mol. The Labute approximate surface area is 133 Å². The van der Waals surface area contributed by atoms with Gasteiger partial charge in [0.25, 0.3) is 5.09 Å². The van der Waals surface area contributed by atoms with Gasteiger partial charge in [0.1, 0.15) is 11.5 Å². The molecule has 0 radical (unpaired) electrons. The Morgan fingerprint density at radius 2 is 2.00 bits per heavy atom. The molecule has 0 amide bonds. The van der Waals surface area contributed by atoms with Crippen molar-refractivity contribution in [3.05, 3.63) is 63.7 Å². The average molecular weight is 321 g/mol. The van der Waals surface area contributed by atoms with Crippen LogP contribution in [0.2, 0.25) is 0 Å². The second kappa shape index (κ2) is 8.52. The summed E-state index contributed by atoms with van der Waals surface area (Å²) in [5.74, 6) is 0.477. The quantitative estimate of drug-likeness (QED) is 0.527. The Morgan fingerprint density at radius 1 is 1.43 bits per heavy atom. The highest BCUT2D eigenvalue weighted by Crippen LogP contribution is 2.22. The highest BCUT2D eigenvalue weighted by Gasteiger charge is 2.20. The molecule has 0 bridgehead atoms. The van der Waals surface area contributed by atoms with Gasteiger partial charge in [-0.3, -0.25) is 0 Å². The Balaban J connectivity index is 0.000000593. The van der Waals surface area contributed by atoms with Crippen molar-refractivity contribution in [2.75, 3.05) is 6.61 Å². The molecule has 2 rings (SSSR count). The molecule has 8 heteroatoms. The Bertz CT molecular complexity index is 650. The van der Waals surface area contributed by atoms with Crippen molar-refractivity contribution in [1.82, 2.24) is 9.55 Å². The molecule has 0 saturated heterocycles. The topological polar surface area (TPSA) is 107 Å². The maximum absolute atomic E-state index is 11.9. The summed E-state index contributed by atoms with van der Waals surface area (Å²) in [5, 5.41) is 13.6. The number of imidazole rings is 1. The van der Waals surface area contributed by atoms with E-state index < -0.39 is 5.09 Å². The van der Waals surface area contributed by atoms with E-state index in [0.717, 1.165) is 11.4 Å². The van der Waals surface area contributed by atoms with Gasteiger partial charge in [0.2, 0.25) is 0 Å². The highest BCUT2D eigenvalue weighted by molar-refractivity contribution is 5.87. The van der Waals surface area contributed by atoms with Crippen LogP contribution in [0.15, 0.2) is 36.5 Å². The van der Waals surface area contributed by atoms with Gasteiger partial charge in [-0.15, -0.1) is 10.1 Å². The lowest BCUT2D eigenvalue weighted by atomic mass is 10.1. The first-order valence-corrected chi connectivity index (χ1v) is 6.97. The number of carbonyl (C=O) groups is 1. The van der Waals surface area contributed by atoms with Gasteiger partial charge in [-0.1, -0.05) is 30.3 Å². The van der Waals surface area contributed by atoms with Gasteiger partial charge in [-0.05, 0) is 26.3 Å². The predicted octanol–water partition coefficient (Wildman–Crippen LogP) is 2.63. The molecule has 0 aliphatic heterocycles. The highest BCUT2D eigenvalue weighted by atomic mass is 16.9. The number of rotatable bonds is 4. The zero-order chi connectivity index (χ0) is 17.4. The lowest BCUT2D eigenvalue weighted by Gasteiger charge is -2.18. The number of hydrogen-bond donors (Lipinski definition) is 1. The van der Waals surface area contributed by atoms with E-state index in [4.69, 9.17) is 20.1 Å². The fourth-order valence-electron chi connectivity index (χ4n) is 2.18. The third-order valence-electron chi connectivity index (χ3n) is 3.14. The summed E-state index contributed by atoms with van der Waals surface area (Å²) in [6.45, 7) is 6.10. The summed E-state index contributed by atoms with van der Waals surface area (Å²) in [6.07, 6.45) is 1.58. The average Bonchev–Trinajstić information content (AvgIpc) is 2.89. The minimum Gasteiger partial charge on any atom is -0.461 e. The van der Waals surface area contributed by atoms with E-state index in [0.29, 0.717) is 12.3 Å². The fourth-order valence-corrected chi connectivity index (χ4v) is 2.18. The van der Waals surface area contributed by atoms with Gasteiger partial charge in [0.15, 0.2) is 0 Å². The van der Waals surface area contributed by atoms with E-state index in [1.165, 1.54) is 0 Å². The number of nitrogens with zero attached hydrogens (tertiary/aromatic N) is 3. The smallest absolute Gasteiger partial charge is 0.356 e. The molecule has 1 N–H and O–H groups in total. The van der Waals surface area contributed by atoms with E-state index in [2.05, 4.69) is 4.98 Å². The van der Waals surface area contributed by atoms with Crippen LogP contribution in [-0.4, -0.2) is 32.4 Å². The van der Waals surface area contributed by atoms with E-state index in [-0.39, 0.29) is 12.0 Å². The number of hydrogen-bond acceptors (Lipinski definition) is 5. The van der Waals surface area contributed by atoms with E-state index >= 15 is 0 Å². The van der Waals surface area contributed by atoms with Gasteiger partial charge in [0, 0.05) is 0 Å². The third-order valence-corrected chi connectivity index (χ3v) is 3.14. The lowest BCUT2D eigenvalue weighted by Crippen LogP contribution is -2.17. The number of aromatic nitrogens is 2. The van der Waals surface area contributed by atoms with Crippen LogP contribution < -0.4 is 0 Å². The molecule has 1 heterocycles. The molecular weight excluding hydrogens is 302 g/mol. The summed E-state index contributed by atoms with van der Waals surface area (Å²) in [6, 6.07) is 10.1. The first-order chi connectivity index (χ1) is 10.9. The minimum absolute atomic E-state index is 0.0445. The molecule has 8 nitrogen and oxygen atoms in total. The first kappa shape index (κ1) is 18.1. The lowest BCUT2D eigenvalue weighted by molar-refractivity contribution is -0.742. The molecular formula is C15H19N3O5. The van der Waals surface area contributed by atoms with Crippen LogP contribution in [0, 0.1) is 17.0 Å². The van der Waals surface area contributed by atoms with E-state index in [1.54, 1.807) is 13.1 Å². The first-order valence-electron chi connectivity index (χ1n) is 6.97. The standard InChI is InChI=1S/C15H18N2O2.HNO3/c1-4-19-15(18)14-10-16-12(3)17(14)11(2)13-8-6-5-7-9-13;2-1(3)4/h5-11H,4H2,1-3H3;(H,2,3,4).